The molecule has 2 N–H and O–H groups in total. The molecule has 0 aliphatic heterocycles. The maximum absolute atomic E-state index is 11.2. The first-order chi connectivity index (χ1) is 7.57. The number of thiocarbonyl (C=S) groups is 1. The van der Waals surface area contributed by atoms with Crippen molar-refractivity contribution < 1.29 is 9.53 Å². The number of hydrogen-bond donors (Lipinski definition) is 2. The summed E-state index contributed by atoms with van der Waals surface area (Å²) in [6.07, 6.45) is 0.900. The van der Waals surface area contributed by atoms with Gasteiger partial charge in [0.25, 0.3) is 0 Å². The lowest BCUT2D eigenvalue weighted by atomic mass is 10.4. The molecule has 1 amide bonds. The Balaban J connectivity index is 3.41. The molecule has 0 atom stereocenters. The van der Waals surface area contributed by atoms with E-state index in [1.165, 1.54) is 4.90 Å². The van der Waals surface area contributed by atoms with Gasteiger partial charge in [0.05, 0.1) is 6.54 Å². The molecule has 0 aromatic carbocycles. The molecular weight excluding hydrogens is 226 g/mol. The van der Waals surface area contributed by atoms with Crippen molar-refractivity contribution in [3.05, 3.63) is 0 Å². The topological polar surface area (TPSA) is 53.6 Å². The average molecular weight is 247 g/mol. The summed E-state index contributed by atoms with van der Waals surface area (Å²) in [6.45, 7) is 4.40. The molecular formula is C10H21N3O2S. The smallest absolute Gasteiger partial charge is 0.241 e. The van der Waals surface area contributed by atoms with Gasteiger partial charge in [-0.25, -0.2) is 0 Å². The predicted molar refractivity (Wildman–Crippen MR) is 68.4 cm³/mol. The number of carbonyl (C=O) groups is 1. The molecule has 16 heavy (non-hydrogen) atoms. The van der Waals surface area contributed by atoms with Crippen LogP contribution >= 0.6 is 12.2 Å². The van der Waals surface area contributed by atoms with Gasteiger partial charge in [-0.3, -0.25) is 4.79 Å². The minimum atomic E-state index is -0.00142. The number of amides is 1. The Morgan fingerprint density at radius 3 is 2.62 bits per heavy atom. The summed E-state index contributed by atoms with van der Waals surface area (Å²) in [4.78, 5) is 12.7. The van der Waals surface area contributed by atoms with Crippen molar-refractivity contribution in [2.45, 2.75) is 13.3 Å². The van der Waals surface area contributed by atoms with Crippen molar-refractivity contribution in [2.24, 2.45) is 0 Å². The van der Waals surface area contributed by atoms with Gasteiger partial charge in [-0.1, -0.05) is 0 Å². The van der Waals surface area contributed by atoms with Crippen molar-refractivity contribution in [3.63, 3.8) is 0 Å². The minimum Gasteiger partial charge on any atom is -0.382 e. The van der Waals surface area contributed by atoms with Gasteiger partial charge in [0.2, 0.25) is 5.91 Å². The van der Waals surface area contributed by atoms with Gasteiger partial charge in [-0.2, -0.15) is 0 Å². The molecule has 0 rings (SSSR count). The normalized spacial score (nSPS) is 9.69. The molecule has 0 saturated carbocycles. The van der Waals surface area contributed by atoms with Crippen molar-refractivity contribution >= 4 is 23.2 Å². The summed E-state index contributed by atoms with van der Waals surface area (Å²) < 4.78 is 5.18. The summed E-state index contributed by atoms with van der Waals surface area (Å²) in [6, 6.07) is 0. The highest BCUT2D eigenvalue weighted by Crippen LogP contribution is 1.81. The lowest BCUT2D eigenvalue weighted by Gasteiger charge is -2.13. The molecule has 0 radical (unpaired) electrons. The Morgan fingerprint density at radius 1 is 1.38 bits per heavy atom. The fraction of sp³-hybridized carbons (Fsp3) is 0.800. The first-order valence-electron chi connectivity index (χ1n) is 5.37. The highest BCUT2D eigenvalue weighted by molar-refractivity contribution is 7.80. The van der Waals surface area contributed by atoms with Crippen molar-refractivity contribution in [1.82, 2.24) is 15.5 Å². The molecule has 0 aliphatic carbocycles. The van der Waals surface area contributed by atoms with Crippen LogP contribution in [0.1, 0.15) is 13.3 Å². The summed E-state index contributed by atoms with van der Waals surface area (Å²) in [5.41, 5.74) is 0. The van der Waals surface area contributed by atoms with E-state index in [0.717, 1.165) is 26.2 Å². The summed E-state index contributed by atoms with van der Waals surface area (Å²) in [7, 11) is 3.42. The molecule has 0 aromatic heterocycles. The zero-order valence-corrected chi connectivity index (χ0v) is 11.0. The van der Waals surface area contributed by atoms with Gasteiger partial charge in [0.1, 0.15) is 0 Å². The molecule has 0 unspecified atom stereocenters. The predicted octanol–water partition coefficient (Wildman–Crippen LogP) is -0.0347. The number of likely N-dealkylation sites (N-methyl/N-ethyl adjacent to an activating group) is 1. The number of rotatable bonds is 7. The SMILES string of the molecule is CCOCCCNC(=S)NCC(=O)N(C)C. The highest BCUT2D eigenvalue weighted by atomic mass is 32.1. The lowest BCUT2D eigenvalue weighted by molar-refractivity contribution is -0.127. The van der Waals surface area contributed by atoms with Crippen LogP contribution in [0.15, 0.2) is 0 Å². The Kier molecular flexibility index (Phi) is 8.84. The van der Waals surface area contributed by atoms with E-state index in [9.17, 15) is 4.79 Å². The van der Waals surface area contributed by atoms with E-state index < -0.39 is 0 Å². The summed E-state index contributed by atoms with van der Waals surface area (Å²) in [5.74, 6) is -0.00142. The molecule has 0 heterocycles. The average Bonchev–Trinajstić information content (AvgIpc) is 2.25. The van der Waals surface area contributed by atoms with E-state index in [1.807, 2.05) is 6.92 Å². The van der Waals surface area contributed by atoms with Gasteiger partial charge >= 0.3 is 0 Å². The summed E-state index contributed by atoms with van der Waals surface area (Å²) in [5, 5.41) is 6.35. The second-order valence-corrected chi connectivity index (χ2v) is 3.86. The van der Waals surface area contributed by atoms with Crippen LogP contribution in [0, 0.1) is 0 Å². The fourth-order valence-electron chi connectivity index (χ4n) is 0.897. The van der Waals surface area contributed by atoms with Gasteiger partial charge in [-0.05, 0) is 25.6 Å². The van der Waals surface area contributed by atoms with E-state index in [-0.39, 0.29) is 12.5 Å². The van der Waals surface area contributed by atoms with Gasteiger partial charge in [0, 0.05) is 33.9 Å². The molecule has 6 heteroatoms. The molecule has 94 valence electrons. The largest absolute Gasteiger partial charge is 0.382 e. The maximum Gasteiger partial charge on any atom is 0.241 e. The van der Waals surface area contributed by atoms with Crippen molar-refractivity contribution in [1.29, 1.82) is 0 Å². The minimum absolute atomic E-state index is 0.00142. The third-order valence-electron chi connectivity index (χ3n) is 1.85. The maximum atomic E-state index is 11.2. The quantitative estimate of drug-likeness (QED) is 0.488. The zero-order chi connectivity index (χ0) is 12.4. The molecule has 5 nitrogen and oxygen atoms in total. The standard InChI is InChI=1S/C10H21N3O2S/c1-4-15-7-5-6-11-10(16)12-8-9(14)13(2)3/h4-8H2,1-3H3,(H2,11,12,16). The van der Waals surface area contributed by atoms with Gasteiger partial charge in [-0.15, -0.1) is 0 Å². The molecule has 0 fully saturated rings. The highest BCUT2D eigenvalue weighted by Gasteiger charge is 2.03. The fourth-order valence-corrected chi connectivity index (χ4v) is 1.07. The molecule has 0 bridgehead atoms. The van der Waals surface area contributed by atoms with Crippen LogP contribution < -0.4 is 10.6 Å². The summed E-state index contributed by atoms with van der Waals surface area (Å²) >= 11 is 5.00. The van der Waals surface area contributed by atoms with Crippen LogP contribution in [0.4, 0.5) is 0 Å². The van der Waals surface area contributed by atoms with Crippen LogP contribution in [0.3, 0.4) is 0 Å². The van der Waals surface area contributed by atoms with Crippen molar-refractivity contribution in [2.75, 3.05) is 40.4 Å². The van der Waals surface area contributed by atoms with Crippen LogP contribution in [0.2, 0.25) is 0 Å². The van der Waals surface area contributed by atoms with E-state index in [1.54, 1.807) is 14.1 Å². The van der Waals surface area contributed by atoms with Crippen LogP contribution in [-0.2, 0) is 9.53 Å². The van der Waals surface area contributed by atoms with Gasteiger partial charge in [0.15, 0.2) is 5.11 Å². The second-order valence-electron chi connectivity index (χ2n) is 3.45. The number of nitrogens with zero attached hydrogens (tertiary/aromatic N) is 1. The second kappa shape index (κ2) is 9.35. The Labute approximate surface area is 103 Å². The Bertz CT molecular complexity index is 222. The number of nitrogens with one attached hydrogen (secondary N) is 2. The Hall–Kier alpha value is -0.880. The third-order valence-corrected chi connectivity index (χ3v) is 2.14. The van der Waals surface area contributed by atoms with Crippen LogP contribution in [-0.4, -0.2) is 56.3 Å². The molecule has 0 aromatic rings. The number of hydrogen-bond acceptors (Lipinski definition) is 3. The van der Waals surface area contributed by atoms with Crippen LogP contribution in [0.25, 0.3) is 0 Å². The first kappa shape index (κ1) is 15.1. The first-order valence-corrected chi connectivity index (χ1v) is 5.78. The van der Waals surface area contributed by atoms with E-state index in [4.69, 9.17) is 17.0 Å². The van der Waals surface area contributed by atoms with Gasteiger partial charge < -0.3 is 20.3 Å². The molecule has 0 spiro atoms. The monoisotopic (exact) mass is 247 g/mol. The lowest BCUT2D eigenvalue weighted by Crippen LogP contribution is -2.41. The van der Waals surface area contributed by atoms with E-state index in [2.05, 4.69) is 10.6 Å². The Morgan fingerprint density at radius 2 is 2.06 bits per heavy atom. The van der Waals surface area contributed by atoms with Crippen LogP contribution in [0.5, 0.6) is 0 Å². The van der Waals surface area contributed by atoms with Crippen molar-refractivity contribution in [3.8, 4) is 0 Å². The third kappa shape index (κ3) is 8.43. The molecule has 0 aliphatic rings. The number of carbonyl (C=O) groups excluding carboxylic acids is 1. The zero-order valence-electron chi connectivity index (χ0n) is 10.2. The van der Waals surface area contributed by atoms with E-state index >= 15 is 0 Å². The van der Waals surface area contributed by atoms with E-state index in [0.29, 0.717) is 5.11 Å². The molecule has 0 saturated heterocycles. The number of ether oxygens (including phenoxy) is 1.